The fourth-order valence-electron chi connectivity index (χ4n) is 3.23. The van der Waals surface area contributed by atoms with Crippen LogP contribution in [0.1, 0.15) is 51.4 Å². The van der Waals surface area contributed by atoms with E-state index < -0.39 is 0 Å². The Labute approximate surface area is 105 Å². The van der Waals surface area contributed by atoms with E-state index in [9.17, 15) is 0 Å². The number of imidazole rings is 1. The Hall–Kier alpha value is -0.830. The lowest BCUT2D eigenvalue weighted by Gasteiger charge is -2.33. The highest BCUT2D eigenvalue weighted by Crippen LogP contribution is 2.36. The van der Waals surface area contributed by atoms with Crippen LogP contribution in [0, 0.1) is 11.8 Å². The first-order valence-electron chi connectivity index (χ1n) is 6.94. The molecule has 0 spiro atoms. The Bertz CT molecular complexity index is 345. The smallest absolute Gasteiger partial charge is 0.126 e. The molecule has 0 amide bonds. The lowest BCUT2D eigenvalue weighted by Crippen LogP contribution is -2.31. The van der Waals surface area contributed by atoms with Crippen molar-refractivity contribution in [3.05, 3.63) is 18.2 Å². The van der Waals surface area contributed by atoms with Gasteiger partial charge in [-0.3, -0.25) is 0 Å². The number of rotatable bonds is 4. The molecule has 0 aromatic carbocycles. The largest absolute Gasteiger partial charge is 0.334 e. The Morgan fingerprint density at radius 1 is 1.53 bits per heavy atom. The van der Waals surface area contributed by atoms with Gasteiger partial charge >= 0.3 is 0 Å². The minimum absolute atomic E-state index is 0.424. The third-order valence-electron chi connectivity index (χ3n) is 4.13. The first-order valence-corrected chi connectivity index (χ1v) is 6.94. The van der Waals surface area contributed by atoms with Crippen LogP contribution in [0.25, 0.3) is 0 Å². The fraction of sp³-hybridized carbons (Fsp3) is 0.786. The molecule has 3 nitrogen and oxygen atoms in total. The molecule has 3 unspecified atom stereocenters. The van der Waals surface area contributed by atoms with Crippen LogP contribution in [0.2, 0.25) is 0 Å². The van der Waals surface area contributed by atoms with Crippen molar-refractivity contribution in [3.63, 3.8) is 0 Å². The maximum Gasteiger partial charge on any atom is 0.126 e. The summed E-state index contributed by atoms with van der Waals surface area (Å²) in [5.41, 5.74) is 0. The molecule has 1 fully saturated rings. The highest BCUT2D eigenvalue weighted by Gasteiger charge is 2.29. The van der Waals surface area contributed by atoms with Crippen LogP contribution in [0.5, 0.6) is 0 Å². The Balaban J connectivity index is 2.15. The summed E-state index contributed by atoms with van der Waals surface area (Å²) in [5, 5.41) is 3.49. The Morgan fingerprint density at radius 2 is 2.35 bits per heavy atom. The Kier molecular flexibility index (Phi) is 4.21. The molecule has 0 bridgehead atoms. The molecule has 1 aliphatic carbocycles. The molecule has 0 saturated heterocycles. The van der Waals surface area contributed by atoms with Gasteiger partial charge in [0.2, 0.25) is 0 Å². The van der Waals surface area contributed by atoms with Crippen LogP contribution in [-0.4, -0.2) is 16.6 Å². The average molecular weight is 235 g/mol. The van der Waals surface area contributed by atoms with Gasteiger partial charge < -0.3 is 9.88 Å². The summed E-state index contributed by atoms with van der Waals surface area (Å²) >= 11 is 0. The zero-order chi connectivity index (χ0) is 12.3. The maximum atomic E-state index is 4.56. The Morgan fingerprint density at radius 3 is 3.00 bits per heavy atom. The molecule has 1 N–H and O–H groups in total. The van der Waals surface area contributed by atoms with E-state index in [1.165, 1.54) is 31.5 Å². The molecule has 96 valence electrons. The molecule has 2 rings (SSSR count). The van der Waals surface area contributed by atoms with E-state index in [2.05, 4.69) is 42.0 Å². The van der Waals surface area contributed by atoms with Gasteiger partial charge in [-0.2, -0.15) is 0 Å². The molecule has 1 saturated carbocycles. The van der Waals surface area contributed by atoms with Gasteiger partial charge in [0.05, 0.1) is 6.04 Å². The summed E-state index contributed by atoms with van der Waals surface area (Å²) in [4.78, 5) is 4.56. The molecule has 0 radical (unpaired) electrons. The van der Waals surface area contributed by atoms with Crippen LogP contribution >= 0.6 is 0 Å². The van der Waals surface area contributed by atoms with Crippen molar-refractivity contribution in [2.75, 3.05) is 7.05 Å². The predicted octanol–water partition coefficient (Wildman–Crippen LogP) is 2.99. The number of hydrogen-bond donors (Lipinski definition) is 1. The molecule has 1 aliphatic rings. The second kappa shape index (κ2) is 5.67. The van der Waals surface area contributed by atoms with Crippen molar-refractivity contribution < 1.29 is 0 Å². The van der Waals surface area contributed by atoms with Gasteiger partial charge in [0.25, 0.3) is 0 Å². The van der Waals surface area contributed by atoms with Crippen LogP contribution in [-0.2, 0) is 6.54 Å². The number of nitrogens with one attached hydrogen (secondary N) is 1. The molecule has 17 heavy (non-hydrogen) atoms. The van der Waals surface area contributed by atoms with Crippen LogP contribution < -0.4 is 5.32 Å². The molecule has 1 heterocycles. The number of aromatic nitrogens is 2. The number of nitrogens with zero attached hydrogens (tertiary/aromatic N) is 2. The highest BCUT2D eigenvalue weighted by molar-refractivity contribution is 5.02. The summed E-state index contributed by atoms with van der Waals surface area (Å²) in [7, 11) is 2.07. The average Bonchev–Trinajstić information content (AvgIpc) is 2.78. The zero-order valence-electron chi connectivity index (χ0n) is 11.3. The number of aryl methyl sites for hydroxylation is 1. The van der Waals surface area contributed by atoms with Crippen molar-refractivity contribution in [2.24, 2.45) is 11.8 Å². The minimum atomic E-state index is 0.424. The van der Waals surface area contributed by atoms with Gasteiger partial charge in [0.1, 0.15) is 5.82 Å². The third-order valence-corrected chi connectivity index (χ3v) is 4.13. The van der Waals surface area contributed by atoms with Gasteiger partial charge in [0, 0.05) is 18.9 Å². The van der Waals surface area contributed by atoms with Crippen molar-refractivity contribution in [1.82, 2.24) is 14.9 Å². The van der Waals surface area contributed by atoms with Crippen molar-refractivity contribution in [3.8, 4) is 0 Å². The van der Waals surface area contributed by atoms with Crippen molar-refractivity contribution >= 4 is 0 Å². The number of hydrogen-bond acceptors (Lipinski definition) is 2. The predicted molar refractivity (Wildman–Crippen MR) is 70.8 cm³/mol. The standard InChI is InChI=1S/C14H25N3/c1-4-17-9-8-16-14(17)13(15-3)12-7-5-6-11(2)10-12/h8-9,11-13,15H,4-7,10H2,1-3H3. The van der Waals surface area contributed by atoms with Crippen LogP contribution in [0.15, 0.2) is 12.4 Å². The van der Waals surface area contributed by atoms with E-state index in [1.807, 2.05) is 6.20 Å². The van der Waals surface area contributed by atoms with E-state index >= 15 is 0 Å². The molecule has 3 heteroatoms. The summed E-state index contributed by atoms with van der Waals surface area (Å²) in [6.07, 6.45) is 9.46. The zero-order valence-corrected chi connectivity index (χ0v) is 11.3. The lowest BCUT2D eigenvalue weighted by atomic mass is 9.78. The second-order valence-corrected chi connectivity index (χ2v) is 5.37. The first-order chi connectivity index (χ1) is 8.26. The second-order valence-electron chi connectivity index (χ2n) is 5.37. The summed E-state index contributed by atoms with van der Waals surface area (Å²) in [5.74, 6) is 2.83. The summed E-state index contributed by atoms with van der Waals surface area (Å²) in [6.45, 7) is 5.57. The maximum absolute atomic E-state index is 4.56. The first kappa shape index (κ1) is 12.6. The third kappa shape index (κ3) is 2.71. The van der Waals surface area contributed by atoms with Crippen molar-refractivity contribution in [1.29, 1.82) is 0 Å². The van der Waals surface area contributed by atoms with Gasteiger partial charge in [0.15, 0.2) is 0 Å². The van der Waals surface area contributed by atoms with E-state index in [4.69, 9.17) is 0 Å². The van der Waals surface area contributed by atoms with E-state index in [0.29, 0.717) is 6.04 Å². The molecular weight excluding hydrogens is 210 g/mol. The molecule has 1 aromatic rings. The van der Waals surface area contributed by atoms with Crippen LogP contribution in [0.4, 0.5) is 0 Å². The van der Waals surface area contributed by atoms with Gasteiger partial charge in [-0.05, 0) is 38.6 Å². The minimum Gasteiger partial charge on any atom is -0.334 e. The van der Waals surface area contributed by atoms with Crippen molar-refractivity contribution in [2.45, 2.75) is 52.1 Å². The monoisotopic (exact) mass is 235 g/mol. The van der Waals surface area contributed by atoms with Gasteiger partial charge in [-0.15, -0.1) is 0 Å². The normalized spacial score (nSPS) is 27.0. The van der Waals surface area contributed by atoms with Gasteiger partial charge in [-0.25, -0.2) is 4.98 Å². The lowest BCUT2D eigenvalue weighted by molar-refractivity contribution is 0.221. The molecule has 3 atom stereocenters. The SMILES string of the molecule is CCn1ccnc1C(NC)C1CCCC(C)C1. The summed E-state index contributed by atoms with van der Waals surface area (Å²) in [6, 6.07) is 0.424. The van der Waals surface area contributed by atoms with Gasteiger partial charge in [-0.1, -0.05) is 19.8 Å². The van der Waals surface area contributed by atoms with E-state index in [0.717, 1.165) is 18.4 Å². The quantitative estimate of drug-likeness (QED) is 0.869. The van der Waals surface area contributed by atoms with E-state index in [-0.39, 0.29) is 0 Å². The topological polar surface area (TPSA) is 29.9 Å². The van der Waals surface area contributed by atoms with E-state index in [1.54, 1.807) is 0 Å². The molecule has 1 aromatic heterocycles. The fourth-order valence-corrected chi connectivity index (χ4v) is 3.23. The molecule has 0 aliphatic heterocycles. The summed E-state index contributed by atoms with van der Waals surface area (Å²) < 4.78 is 2.26. The van der Waals surface area contributed by atoms with Crippen LogP contribution in [0.3, 0.4) is 0 Å². The molecular formula is C14H25N3. The highest BCUT2D eigenvalue weighted by atomic mass is 15.1.